The molecule has 4 rings (SSSR count). The second-order valence-corrected chi connectivity index (χ2v) is 17.1. The summed E-state index contributed by atoms with van der Waals surface area (Å²) in [4.78, 5) is 23.9. The first-order chi connectivity index (χ1) is 26.4. The minimum atomic E-state index is -0.801. The van der Waals surface area contributed by atoms with E-state index < -0.39 is 5.97 Å². The van der Waals surface area contributed by atoms with Gasteiger partial charge in [0.1, 0.15) is 11.5 Å². The van der Waals surface area contributed by atoms with Crippen LogP contribution in [0.2, 0.25) is 0 Å². The first-order valence-corrected chi connectivity index (χ1v) is 20.6. The number of nitrogens with one attached hydrogen (secondary N) is 1. The summed E-state index contributed by atoms with van der Waals surface area (Å²) in [6.45, 7) is 18.3. The Morgan fingerprint density at radius 3 is 1.44 bits per heavy atom. The van der Waals surface area contributed by atoms with E-state index >= 15 is 0 Å². The fraction of sp³-hybridized carbons (Fsp3) is 0.636. The van der Waals surface area contributed by atoms with E-state index in [9.17, 15) is 9.59 Å². The maximum absolute atomic E-state index is 11.7. The number of aryl methyl sites for hydroxylation is 2. The first-order valence-electron chi connectivity index (χ1n) is 19.6. The van der Waals surface area contributed by atoms with Crippen molar-refractivity contribution in [2.24, 2.45) is 10.8 Å². The van der Waals surface area contributed by atoms with Gasteiger partial charge in [-0.15, -0.1) is 23.2 Å². The van der Waals surface area contributed by atoms with Crippen LogP contribution in [-0.2, 0) is 35.3 Å². The average molecular weight is 840 g/mol. The Labute approximate surface area is 352 Å². The van der Waals surface area contributed by atoms with Crippen LogP contribution in [0.4, 0.5) is 0 Å². The molecule has 0 saturated heterocycles. The summed E-state index contributed by atoms with van der Waals surface area (Å²) in [6.07, 6.45) is 7.23. The number of aliphatic carboxylic acids is 1. The predicted octanol–water partition coefficient (Wildman–Crippen LogP) is 11.1. The number of nitrogens with zero attached hydrogens (tertiary/aromatic N) is 3. The number of carbonyl (C=O) groups is 2. The molecule has 1 amide bonds. The molecule has 0 saturated carbocycles. The Hall–Kier alpha value is -3.54. The molecule has 0 spiro atoms. The topological polar surface area (TPSA) is 140 Å². The van der Waals surface area contributed by atoms with Crippen molar-refractivity contribution in [3.63, 3.8) is 0 Å². The molecule has 2 heterocycles. The molecule has 2 aromatic heterocycles. The monoisotopic (exact) mass is 838 g/mol. The Morgan fingerprint density at radius 2 is 1.12 bits per heavy atom. The molecule has 4 aromatic rings. The summed E-state index contributed by atoms with van der Waals surface area (Å²) in [5, 5.41) is 22.4. The van der Waals surface area contributed by atoms with E-state index in [2.05, 4.69) is 71.0 Å². The number of benzene rings is 2. The maximum atomic E-state index is 11.7. The Bertz CT molecular complexity index is 1740. The largest absolute Gasteiger partial charge is 0.493 e. The molecular weight excluding hydrogens is 767 g/mol. The Balaban J connectivity index is 0.000000953. The van der Waals surface area contributed by atoms with Crippen LogP contribution in [0.5, 0.6) is 11.5 Å². The van der Waals surface area contributed by atoms with Gasteiger partial charge in [-0.1, -0.05) is 86.0 Å². The standard InChI is InChI=1S/C21H32N2O3.C19H27NO4.C2H7N.CH2Cl2.CH4/c1-7-9-16-18(25-13-8-10-19(24)23(5)6)12-11-15-17(14-21(2,3)4)22-26-20(15)16;1-5-7-14-16(23-11-6-8-17(21)22)10-9-13-15(12-19(2,3)4)20-24-18(13)14;1-3-2;2-1-3;/h11-12H,7-10,13-14H2,1-6H3;9-10H,5-8,11-12H2,1-4H3,(H,21,22);3H,1-2H3;1H2;1H4. The fourth-order valence-corrected chi connectivity index (χ4v) is 5.72. The van der Waals surface area contributed by atoms with E-state index in [1.165, 1.54) is 0 Å². The Morgan fingerprint density at radius 1 is 0.754 bits per heavy atom. The van der Waals surface area contributed by atoms with E-state index in [-0.39, 0.29) is 35.9 Å². The molecule has 0 aliphatic heterocycles. The SMILES string of the molecule is C.CCCc1c(OCCCC(=O)N(C)C)ccc2c(CC(C)(C)C)noc12.CCCc1c(OCCCC(=O)O)ccc2c(CC(C)(C)C)noc12.CNC.ClCCl. The molecule has 2 aromatic carbocycles. The zero-order valence-electron chi connectivity index (χ0n) is 36.0. The van der Waals surface area contributed by atoms with E-state index in [1.54, 1.807) is 19.0 Å². The summed E-state index contributed by atoms with van der Waals surface area (Å²) in [5.41, 5.74) is 6.03. The summed E-state index contributed by atoms with van der Waals surface area (Å²) in [5.74, 6) is 0.938. The lowest BCUT2D eigenvalue weighted by atomic mass is 9.89. The molecule has 0 radical (unpaired) electrons. The number of fused-ring (bicyclic) bond motifs is 2. The minimum Gasteiger partial charge on any atom is -0.493 e. The first kappa shape index (κ1) is 53.5. The molecule has 324 valence electrons. The van der Waals surface area contributed by atoms with Gasteiger partial charge >= 0.3 is 5.97 Å². The van der Waals surface area contributed by atoms with Gasteiger partial charge < -0.3 is 33.8 Å². The van der Waals surface area contributed by atoms with Crippen LogP contribution in [0.1, 0.15) is 124 Å². The van der Waals surface area contributed by atoms with Gasteiger partial charge in [-0.25, -0.2) is 0 Å². The number of hydrogen-bond acceptors (Lipinski definition) is 9. The van der Waals surface area contributed by atoms with E-state index in [0.29, 0.717) is 32.5 Å². The highest BCUT2D eigenvalue weighted by Crippen LogP contribution is 2.35. The molecule has 0 bridgehead atoms. The molecular formula is C44H72Cl2N4O7. The smallest absolute Gasteiger partial charge is 0.303 e. The predicted molar refractivity (Wildman–Crippen MR) is 236 cm³/mol. The summed E-state index contributed by atoms with van der Waals surface area (Å²) >= 11 is 9.53. The van der Waals surface area contributed by atoms with Crippen LogP contribution in [0, 0.1) is 10.8 Å². The summed E-state index contributed by atoms with van der Waals surface area (Å²) < 4.78 is 23.1. The highest BCUT2D eigenvalue weighted by molar-refractivity contribution is 6.40. The van der Waals surface area contributed by atoms with Crippen LogP contribution in [-0.4, -0.2) is 78.9 Å². The lowest BCUT2D eigenvalue weighted by Gasteiger charge is -2.16. The van der Waals surface area contributed by atoms with Crippen molar-refractivity contribution in [3.05, 3.63) is 46.8 Å². The number of amides is 1. The third-order valence-electron chi connectivity index (χ3n) is 8.03. The number of rotatable bonds is 16. The van der Waals surface area contributed by atoms with Crippen LogP contribution in [0.15, 0.2) is 33.3 Å². The van der Waals surface area contributed by atoms with Gasteiger partial charge in [0, 0.05) is 48.8 Å². The average Bonchev–Trinajstić information content (AvgIpc) is 3.69. The highest BCUT2D eigenvalue weighted by Gasteiger charge is 2.22. The number of alkyl halides is 2. The number of carboxylic acids is 1. The van der Waals surface area contributed by atoms with Crippen molar-refractivity contribution in [1.29, 1.82) is 0 Å². The van der Waals surface area contributed by atoms with Crippen molar-refractivity contribution in [3.8, 4) is 11.5 Å². The van der Waals surface area contributed by atoms with Crippen molar-refractivity contribution in [2.45, 2.75) is 127 Å². The summed E-state index contributed by atoms with van der Waals surface area (Å²) in [6, 6.07) is 8.02. The molecule has 0 unspecified atom stereocenters. The number of ether oxygens (including phenoxy) is 2. The van der Waals surface area contributed by atoms with Gasteiger partial charge in [0.25, 0.3) is 0 Å². The normalized spacial score (nSPS) is 11.0. The third kappa shape index (κ3) is 19.6. The zero-order chi connectivity index (χ0) is 42.5. The second kappa shape index (κ2) is 27.2. The Kier molecular flexibility index (Phi) is 25.5. The van der Waals surface area contributed by atoms with E-state index in [1.807, 2.05) is 38.4 Å². The lowest BCUT2D eigenvalue weighted by Crippen LogP contribution is -2.21. The molecule has 11 nitrogen and oxygen atoms in total. The van der Waals surface area contributed by atoms with Crippen LogP contribution in [0.25, 0.3) is 21.9 Å². The van der Waals surface area contributed by atoms with E-state index in [4.69, 9.17) is 46.8 Å². The quantitative estimate of drug-likeness (QED) is 0.0827. The molecule has 0 atom stereocenters. The fourth-order valence-electron chi connectivity index (χ4n) is 5.72. The van der Waals surface area contributed by atoms with Crippen LogP contribution in [0.3, 0.4) is 0 Å². The lowest BCUT2D eigenvalue weighted by molar-refractivity contribution is -0.137. The molecule has 2 N–H and O–H groups in total. The maximum Gasteiger partial charge on any atom is 0.303 e. The number of carbonyl (C=O) groups excluding carboxylic acids is 1. The minimum absolute atomic E-state index is 0. The summed E-state index contributed by atoms with van der Waals surface area (Å²) in [7, 11) is 7.30. The number of hydrogen-bond donors (Lipinski definition) is 2. The van der Waals surface area contributed by atoms with Crippen molar-refractivity contribution < 1.29 is 33.2 Å². The van der Waals surface area contributed by atoms with Crippen molar-refractivity contribution in [1.82, 2.24) is 20.5 Å². The molecule has 13 heteroatoms. The van der Waals surface area contributed by atoms with Crippen LogP contribution < -0.4 is 14.8 Å². The van der Waals surface area contributed by atoms with Gasteiger partial charge in [-0.3, -0.25) is 9.59 Å². The van der Waals surface area contributed by atoms with Gasteiger partial charge in [0.05, 0.1) is 29.9 Å². The molecule has 57 heavy (non-hydrogen) atoms. The highest BCUT2D eigenvalue weighted by atomic mass is 35.5. The van der Waals surface area contributed by atoms with Crippen LogP contribution >= 0.6 is 23.2 Å². The number of carboxylic acid groups (broad SMARTS) is 1. The third-order valence-corrected chi connectivity index (χ3v) is 8.03. The number of halogens is 2. The van der Waals surface area contributed by atoms with E-state index in [0.717, 1.165) is 94.5 Å². The van der Waals surface area contributed by atoms with Gasteiger partial charge in [0.15, 0.2) is 11.2 Å². The zero-order valence-corrected chi connectivity index (χ0v) is 37.5. The molecule has 0 aliphatic carbocycles. The van der Waals surface area contributed by atoms with Crippen molar-refractivity contribution >= 4 is 57.0 Å². The molecule has 0 aliphatic rings. The number of aromatic nitrogens is 2. The van der Waals surface area contributed by atoms with Crippen molar-refractivity contribution in [2.75, 3.05) is 46.7 Å². The second-order valence-electron chi connectivity index (χ2n) is 16.3. The van der Waals surface area contributed by atoms with Gasteiger partial charge in [-0.05, 0) is 87.7 Å². The molecule has 0 fully saturated rings. The van der Waals surface area contributed by atoms with Gasteiger partial charge in [-0.2, -0.15) is 0 Å². The van der Waals surface area contributed by atoms with Gasteiger partial charge in [0.2, 0.25) is 5.91 Å².